The monoisotopic (exact) mass is 365 g/mol. The van der Waals surface area contributed by atoms with Crippen LogP contribution in [0.25, 0.3) is 6.08 Å². The average Bonchev–Trinajstić information content (AvgIpc) is 2.70. The Morgan fingerprint density at radius 2 is 1.93 bits per heavy atom. The minimum atomic E-state index is -0.145. The predicted octanol–water partition coefficient (Wildman–Crippen LogP) is 4.71. The van der Waals surface area contributed by atoms with Crippen molar-refractivity contribution >= 4 is 12.0 Å². The Balaban J connectivity index is 1.99. The van der Waals surface area contributed by atoms with Crippen molar-refractivity contribution in [2.75, 3.05) is 13.7 Å². The van der Waals surface area contributed by atoms with Gasteiger partial charge in [0.1, 0.15) is 6.61 Å². The number of carbonyl (C=O) groups excluding carboxylic acids is 1. The van der Waals surface area contributed by atoms with Gasteiger partial charge >= 0.3 is 0 Å². The van der Waals surface area contributed by atoms with Crippen LogP contribution in [-0.4, -0.2) is 19.6 Å². The highest BCUT2D eigenvalue weighted by atomic mass is 16.5. The Bertz CT molecular complexity index is 794. The maximum atomic E-state index is 12.2. The fraction of sp³-hybridized carbons (Fsp3) is 0.261. The van der Waals surface area contributed by atoms with E-state index in [-0.39, 0.29) is 11.9 Å². The maximum Gasteiger partial charge on any atom is 0.244 e. The highest BCUT2D eigenvalue weighted by Gasteiger charge is 2.08. The van der Waals surface area contributed by atoms with Gasteiger partial charge in [-0.1, -0.05) is 49.9 Å². The summed E-state index contributed by atoms with van der Waals surface area (Å²) in [5.41, 5.74) is 3.22. The van der Waals surface area contributed by atoms with E-state index >= 15 is 0 Å². The van der Waals surface area contributed by atoms with Crippen molar-refractivity contribution in [2.24, 2.45) is 0 Å². The molecule has 27 heavy (non-hydrogen) atoms. The zero-order chi connectivity index (χ0) is 19.6. The molecular weight excluding hydrogens is 338 g/mol. The van der Waals surface area contributed by atoms with E-state index in [1.807, 2.05) is 25.1 Å². The number of rotatable bonds is 9. The summed E-state index contributed by atoms with van der Waals surface area (Å²) < 4.78 is 10.9. The second-order valence-electron chi connectivity index (χ2n) is 6.17. The highest BCUT2D eigenvalue weighted by molar-refractivity contribution is 5.92. The van der Waals surface area contributed by atoms with Crippen molar-refractivity contribution in [3.63, 3.8) is 0 Å². The van der Waals surface area contributed by atoms with Crippen LogP contribution in [0.4, 0.5) is 0 Å². The van der Waals surface area contributed by atoms with Crippen molar-refractivity contribution in [1.82, 2.24) is 5.32 Å². The Kier molecular flexibility index (Phi) is 7.68. The van der Waals surface area contributed by atoms with Crippen LogP contribution in [0.3, 0.4) is 0 Å². The average molecular weight is 365 g/mol. The molecule has 0 radical (unpaired) electrons. The second-order valence-corrected chi connectivity index (χ2v) is 6.17. The molecule has 0 saturated heterocycles. The zero-order valence-corrected chi connectivity index (χ0v) is 16.2. The van der Waals surface area contributed by atoms with Crippen molar-refractivity contribution in [2.45, 2.75) is 26.3 Å². The summed E-state index contributed by atoms with van der Waals surface area (Å²) in [5, 5.41) is 2.98. The quantitative estimate of drug-likeness (QED) is 0.517. The lowest BCUT2D eigenvalue weighted by Gasteiger charge is -2.13. The zero-order valence-electron chi connectivity index (χ0n) is 16.2. The summed E-state index contributed by atoms with van der Waals surface area (Å²) in [6, 6.07) is 13.8. The number of methoxy groups -OCH3 is 1. The molecule has 0 spiro atoms. The van der Waals surface area contributed by atoms with Crippen LogP contribution in [0.2, 0.25) is 0 Å². The summed E-state index contributed by atoms with van der Waals surface area (Å²) >= 11 is 0. The Labute approximate surface area is 161 Å². The largest absolute Gasteiger partial charge is 0.493 e. The Hall–Kier alpha value is -3.01. The van der Waals surface area contributed by atoms with Gasteiger partial charge in [0, 0.05) is 6.08 Å². The lowest BCUT2D eigenvalue weighted by molar-refractivity contribution is -0.117. The molecule has 0 aliphatic carbocycles. The molecule has 1 amide bonds. The Morgan fingerprint density at radius 3 is 2.56 bits per heavy atom. The lowest BCUT2D eigenvalue weighted by atomic mass is 10.0. The number of hydrogen-bond acceptors (Lipinski definition) is 3. The van der Waals surface area contributed by atoms with E-state index in [4.69, 9.17) is 9.47 Å². The number of carbonyl (C=O) groups is 1. The SMILES string of the molecule is C=CCOc1ccc(/C=C/C(=O)NC(C)c2ccc(CC)cc2)cc1OC. The first-order chi connectivity index (χ1) is 13.1. The van der Waals surface area contributed by atoms with Crippen molar-refractivity contribution in [3.05, 3.63) is 77.9 Å². The molecule has 1 unspecified atom stereocenters. The number of ether oxygens (including phenoxy) is 2. The van der Waals surface area contributed by atoms with Gasteiger partial charge in [0.05, 0.1) is 13.2 Å². The van der Waals surface area contributed by atoms with E-state index in [2.05, 4.69) is 43.1 Å². The molecule has 4 nitrogen and oxygen atoms in total. The lowest BCUT2D eigenvalue weighted by Crippen LogP contribution is -2.24. The molecule has 0 bridgehead atoms. The molecule has 2 aromatic carbocycles. The minimum Gasteiger partial charge on any atom is -0.493 e. The molecule has 0 aliphatic heterocycles. The van der Waals surface area contributed by atoms with Gasteiger partial charge in [-0.05, 0) is 48.2 Å². The first-order valence-corrected chi connectivity index (χ1v) is 9.06. The molecule has 1 atom stereocenters. The molecule has 2 aromatic rings. The van der Waals surface area contributed by atoms with Crippen molar-refractivity contribution in [1.29, 1.82) is 0 Å². The molecular formula is C23H27NO3. The molecule has 0 aromatic heterocycles. The smallest absolute Gasteiger partial charge is 0.244 e. The van der Waals surface area contributed by atoms with Gasteiger partial charge in [-0.3, -0.25) is 4.79 Å². The van der Waals surface area contributed by atoms with Gasteiger partial charge in [-0.15, -0.1) is 0 Å². The minimum absolute atomic E-state index is 0.0581. The third-order valence-electron chi connectivity index (χ3n) is 4.22. The summed E-state index contributed by atoms with van der Waals surface area (Å²) in [6.45, 7) is 8.13. The highest BCUT2D eigenvalue weighted by Crippen LogP contribution is 2.28. The van der Waals surface area contributed by atoms with Crippen molar-refractivity contribution in [3.8, 4) is 11.5 Å². The van der Waals surface area contributed by atoms with E-state index in [0.717, 1.165) is 17.5 Å². The molecule has 0 saturated carbocycles. The molecule has 0 aliphatic rings. The standard InChI is InChI=1S/C23H27NO3/c1-5-15-27-21-13-9-19(16-22(21)26-4)10-14-23(25)24-17(3)20-11-7-18(6-2)8-12-20/h5,7-14,16-17H,1,6,15H2,2-4H3,(H,24,25)/b14-10+. The van der Waals surface area contributed by atoms with Gasteiger partial charge in [0.2, 0.25) is 5.91 Å². The molecule has 142 valence electrons. The molecule has 4 heteroatoms. The fourth-order valence-corrected chi connectivity index (χ4v) is 2.61. The van der Waals surface area contributed by atoms with E-state index in [9.17, 15) is 4.79 Å². The van der Waals surface area contributed by atoms with Crippen LogP contribution >= 0.6 is 0 Å². The number of benzene rings is 2. The molecule has 1 N–H and O–H groups in total. The van der Waals surface area contributed by atoms with Crippen LogP contribution < -0.4 is 14.8 Å². The number of aryl methyl sites for hydroxylation is 1. The normalized spacial score (nSPS) is 11.8. The van der Waals surface area contributed by atoms with Gasteiger partial charge in [0.15, 0.2) is 11.5 Å². The van der Waals surface area contributed by atoms with Crippen LogP contribution in [0.1, 0.15) is 36.6 Å². The van der Waals surface area contributed by atoms with E-state index in [0.29, 0.717) is 18.1 Å². The van der Waals surface area contributed by atoms with E-state index in [1.54, 1.807) is 19.3 Å². The third-order valence-corrected chi connectivity index (χ3v) is 4.22. The third kappa shape index (κ3) is 6.03. The topological polar surface area (TPSA) is 47.6 Å². The second kappa shape index (κ2) is 10.2. The summed E-state index contributed by atoms with van der Waals surface area (Å²) in [6.07, 6.45) is 5.96. The summed E-state index contributed by atoms with van der Waals surface area (Å²) in [7, 11) is 1.59. The fourth-order valence-electron chi connectivity index (χ4n) is 2.61. The van der Waals surface area contributed by atoms with Crippen LogP contribution in [0, 0.1) is 0 Å². The number of amides is 1. The van der Waals surface area contributed by atoms with E-state index in [1.165, 1.54) is 11.6 Å². The Morgan fingerprint density at radius 1 is 1.19 bits per heavy atom. The van der Waals surface area contributed by atoms with Crippen LogP contribution in [0.15, 0.2) is 61.2 Å². The first kappa shape index (κ1) is 20.3. The molecule has 0 heterocycles. The van der Waals surface area contributed by atoms with Gasteiger partial charge in [-0.2, -0.15) is 0 Å². The maximum absolute atomic E-state index is 12.2. The summed E-state index contributed by atoms with van der Waals surface area (Å²) in [5.74, 6) is 1.11. The number of hydrogen-bond donors (Lipinski definition) is 1. The summed E-state index contributed by atoms with van der Waals surface area (Å²) in [4.78, 5) is 12.2. The van der Waals surface area contributed by atoms with E-state index < -0.39 is 0 Å². The predicted molar refractivity (Wildman–Crippen MR) is 110 cm³/mol. The van der Waals surface area contributed by atoms with Crippen LogP contribution in [-0.2, 0) is 11.2 Å². The van der Waals surface area contributed by atoms with Crippen LogP contribution in [0.5, 0.6) is 11.5 Å². The number of nitrogens with one attached hydrogen (secondary N) is 1. The van der Waals surface area contributed by atoms with Gasteiger partial charge < -0.3 is 14.8 Å². The molecule has 0 fully saturated rings. The molecule has 2 rings (SSSR count). The van der Waals surface area contributed by atoms with Gasteiger partial charge in [0.25, 0.3) is 0 Å². The van der Waals surface area contributed by atoms with Gasteiger partial charge in [-0.25, -0.2) is 0 Å². The van der Waals surface area contributed by atoms with Crippen molar-refractivity contribution < 1.29 is 14.3 Å². The first-order valence-electron chi connectivity index (χ1n) is 9.06.